The summed E-state index contributed by atoms with van der Waals surface area (Å²) in [5.41, 5.74) is 7.84. The standard InChI is InChI=1S/C29H25N3/c1-3-4-9-21-14-16-22(17-15-21)18-19-27-29(31-26-12-7-6-11-25(26)30-27)24-20-32(2)28-13-8-5-10-23(24)28/h5-8,10-17,20H,3-4,9H2,1-2H3. The highest BCUT2D eigenvalue weighted by Gasteiger charge is 2.15. The minimum atomic E-state index is 0.704. The Morgan fingerprint density at radius 1 is 0.812 bits per heavy atom. The van der Waals surface area contributed by atoms with Crippen LogP contribution in [0.2, 0.25) is 0 Å². The third-order valence-corrected chi connectivity index (χ3v) is 5.82. The zero-order valence-electron chi connectivity index (χ0n) is 18.5. The Balaban J connectivity index is 1.62. The van der Waals surface area contributed by atoms with Crippen molar-refractivity contribution in [1.82, 2.24) is 14.5 Å². The molecule has 0 fully saturated rings. The Morgan fingerprint density at radius 3 is 2.31 bits per heavy atom. The highest BCUT2D eigenvalue weighted by Crippen LogP contribution is 2.31. The lowest BCUT2D eigenvalue weighted by molar-refractivity contribution is 0.795. The Labute approximate surface area is 188 Å². The lowest BCUT2D eigenvalue weighted by Gasteiger charge is -2.05. The van der Waals surface area contributed by atoms with Gasteiger partial charge in [0.05, 0.1) is 11.0 Å². The van der Waals surface area contributed by atoms with Gasteiger partial charge in [-0.2, -0.15) is 0 Å². The number of nitrogens with zero attached hydrogens (tertiary/aromatic N) is 3. The van der Waals surface area contributed by atoms with E-state index in [1.807, 2.05) is 24.3 Å². The van der Waals surface area contributed by atoms with Crippen LogP contribution in [-0.4, -0.2) is 14.5 Å². The number of hydrogen-bond donors (Lipinski definition) is 0. The van der Waals surface area contributed by atoms with Gasteiger partial charge in [0.25, 0.3) is 0 Å². The average Bonchev–Trinajstić information content (AvgIpc) is 3.18. The van der Waals surface area contributed by atoms with Crippen LogP contribution in [-0.2, 0) is 13.5 Å². The molecule has 5 aromatic rings. The molecule has 2 aromatic heterocycles. The second-order valence-corrected chi connectivity index (χ2v) is 8.13. The van der Waals surface area contributed by atoms with Crippen LogP contribution in [0.4, 0.5) is 0 Å². The molecule has 0 aliphatic carbocycles. The van der Waals surface area contributed by atoms with Crippen molar-refractivity contribution in [2.75, 3.05) is 0 Å². The minimum absolute atomic E-state index is 0.704. The Kier molecular flexibility index (Phi) is 5.44. The number of para-hydroxylation sites is 3. The first-order valence-corrected chi connectivity index (χ1v) is 11.1. The van der Waals surface area contributed by atoms with E-state index in [9.17, 15) is 0 Å². The van der Waals surface area contributed by atoms with E-state index in [-0.39, 0.29) is 0 Å². The van der Waals surface area contributed by atoms with Crippen molar-refractivity contribution in [3.05, 3.63) is 95.8 Å². The molecular weight excluding hydrogens is 390 g/mol. The van der Waals surface area contributed by atoms with Crippen LogP contribution >= 0.6 is 0 Å². The normalized spacial score (nSPS) is 10.9. The maximum atomic E-state index is 4.99. The fourth-order valence-electron chi connectivity index (χ4n) is 4.07. The molecule has 0 unspecified atom stereocenters. The third-order valence-electron chi connectivity index (χ3n) is 5.82. The number of hydrogen-bond acceptors (Lipinski definition) is 2. The molecule has 0 saturated heterocycles. The van der Waals surface area contributed by atoms with Gasteiger partial charge in [-0.05, 0) is 54.7 Å². The molecule has 3 aromatic carbocycles. The summed E-state index contributed by atoms with van der Waals surface area (Å²) in [7, 11) is 2.06. The molecule has 0 amide bonds. The summed E-state index contributed by atoms with van der Waals surface area (Å²) >= 11 is 0. The summed E-state index contributed by atoms with van der Waals surface area (Å²) in [4.78, 5) is 9.89. The predicted molar refractivity (Wildman–Crippen MR) is 132 cm³/mol. The van der Waals surface area contributed by atoms with Gasteiger partial charge in [-0.3, -0.25) is 0 Å². The van der Waals surface area contributed by atoms with Crippen LogP contribution < -0.4 is 0 Å². The van der Waals surface area contributed by atoms with Crippen molar-refractivity contribution < 1.29 is 0 Å². The topological polar surface area (TPSA) is 30.7 Å². The van der Waals surface area contributed by atoms with E-state index in [0.717, 1.165) is 39.7 Å². The van der Waals surface area contributed by atoms with Crippen LogP contribution in [0.5, 0.6) is 0 Å². The maximum absolute atomic E-state index is 4.99. The summed E-state index contributed by atoms with van der Waals surface area (Å²) in [5, 5.41) is 1.16. The second kappa shape index (κ2) is 8.69. The van der Waals surface area contributed by atoms with Crippen molar-refractivity contribution in [1.29, 1.82) is 0 Å². The van der Waals surface area contributed by atoms with Crippen LogP contribution in [0.3, 0.4) is 0 Å². The third kappa shape index (κ3) is 3.88. The van der Waals surface area contributed by atoms with Crippen LogP contribution in [0, 0.1) is 11.8 Å². The van der Waals surface area contributed by atoms with E-state index >= 15 is 0 Å². The smallest absolute Gasteiger partial charge is 0.140 e. The van der Waals surface area contributed by atoms with Crippen molar-refractivity contribution >= 4 is 21.9 Å². The lowest BCUT2D eigenvalue weighted by Crippen LogP contribution is -1.95. The number of fused-ring (bicyclic) bond motifs is 2. The monoisotopic (exact) mass is 415 g/mol. The molecule has 0 aliphatic rings. The van der Waals surface area contributed by atoms with Crippen LogP contribution in [0.15, 0.2) is 79.0 Å². The van der Waals surface area contributed by atoms with E-state index in [4.69, 9.17) is 9.97 Å². The highest BCUT2D eigenvalue weighted by atomic mass is 14.9. The van der Waals surface area contributed by atoms with Crippen molar-refractivity contribution in [2.24, 2.45) is 7.05 Å². The number of aromatic nitrogens is 3. The fourth-order valence-corrected chi connectivity index (χ4v) is 4.07. The summed E-state index contributed by atoms with van der Waals surface area (Å²) in [6.07, 6.45) is 5.66. The van der Waals surface area contributed by atoms with Gasteiger partial charge in [-0.15, -0.1) is 0 Å². The first kappa shape index (κ1) is 20.0. The van der Waals surface area contributed by atoms with Crippen LogP contribution in [0.25, 0.3) is 33.2 Å². The largest absolute Gasteiger partial charge is 0.350 e. The van der Waals surface area contributed by atoms with Gasteiger partial charge in [0.15, 0.2) is 0 Å². The number of benzene rings is 3. The molecule has 0 spiro atoms. The van der Waals surface area contributed by atoms with E-state index in [1.54, 1.807) is 0 Å². The quantitative estimate of drug-likeness (QED) is 0.312. The van der Waals surface area contributed by atoms with E-state index in [0.29, 0.717) is 5.69 Å². The minimum Gasteiger partial charge on any atom is -0.350 e. The zero-order chi connectivity index (χ0) is 21.9. The Morgan fingerprint density at radius 2 is 1.53 bits per heavy atom. The van der Waals surface area contributed by atoms with Gasteiger partial charge in [0, 0.05) is 35.3 Å². The van der Waals surface area contributed by atoms with Gasteiger partial charge in [-0.25, -0.2) is 9.97 Å². The van der Waals surface area contributed by atoms with E-state index < -0.39 is 0 Å². The van der Waals surface area contributed by atoms with E-state index in [2.05, 4.69) is 85.1 Å². The average molecular weight is 416 g/mol. The highest BCUT2D eigenvalue weighted by molar-refractivity contribution is 5.97. The number of rotatable bonds is 4. The second-order valence-electron chi connectivity index (χ2n) is 8.13. The molecular formula is C29H25N3. The summed E-state index contributed by atoms with van der Waals surface area (Å²) < 4.78 is 2.13. The van der Waals surface area contributed by atoms with Crippen molar-refractivity contribution in [2.45, 2.75) is 26.2 Å². The maximum Gasteiger partial charge on any atom is 0.140 e. The Bertz CT molecular complexity index is 1460. The molecule has 0 saturated carbocycles. The van der Waals surface area contributed by atoms with Crippen molar-refractivity contribution in [3.63, 3.8) is 0 Å². The SMILES string of the molecule is CCCCc1ccc(C#Cc2nc3ccccc3nc2-c2cn(C)c3ccccc23)cc1. The first-order chi connectivity index (χ1) is 15.7. The molecule has 0 aliphatic heterocycles. The molecule has 0 bridgehead atoms. The van der Waals surface area contributed by atoms with Crippen molar-refractivity contribution in [3.8, 4) is 23.1 Å². The molecule has 0 N–H and O–H groups in total. The molecule has 5 rings (SSSR count). The fraction of sp³-hybridized carbons (Fsp3) is 0.172. The zero-order valence-corrected chi connectivity index (χ0v) is 18.5. The van der Waals surface area contributed by atoms with Gasteiger partial charge < -0.3 is 4.57 Å². The van der Waals surface area contributed by atoms with E-state index in [1.165, 1.54) is 23.9 Å². The van der Waals surface area contributed by atoms with Crippen LogP contribution in [0.1, 0.15) is 36.6 Å². The molecule has 3 heteroatoms. The summed E-state index contributed by atoms with van der Waals surface area (Å²) in [5.74, 6) is 6.64. The predicted octanol–water partition coefficient (Wildman–Crippen LogP) is 6.53. The molecule has 0 radical (unpaired) electrons. The lowest BCUT2D eigenvalue weighted by atomic mass is 10.1. The summed E-state index contributed by atoms with van der Waals surface area (Å²) in [6, 6.07) is 24.9. The van der Waals surface area contributed by atoms with Gasteiger partial charge in [0.1, 0.15) is 11.4 Å². The Hall–Kier alpha value is -3.90. The molecule has 2 heterocycles. The van der Waals surface area contributed by atoms with Gasteiger partial charge in [0.2, 0.25) is 0 Å². The number of unbranched alkanes of at least 4 members (excludes halogenated alkanes) is 1. The summed E-state index contributed by atoms with van der Waals surface area (Å²) in [6.45, 7) is 2.22. The first-order valence-electron chi connectivity index (χ1n) is 11.1. The molecule has 3 nitrogen and oxygen atoms in total. The number of aryl methyl sites for hydroxylation is 2. The molecule has 156 valence electrons. The molecule has 0 atom stereocenters. The van der Waals surface area contributed by atoms with Gasteiger partial charge in [-0.1, -0.05) is 61.7 Å². The van der Waals surface area contributed by atoms with Gasteiger partial charge >= 0.3 is 0 Å². The molecule has 32 heavy (non-hydrogen) atoms.